The summed E-state index contributed by atoms with van der Waals surface area (Å²) in [6, 6.07) is -2.95. The first-order valence-electron chi connectivity index (χ1n) is 5.34. The van der Waals surface area contributed by atoms with E-state index in [1.54, 1.807) is 5.32 Å². The van der Waals surface area contributed by atoms with Gasteiger partial charge in [-0.3, -0.25) is 0 Å². The van der Waals surface area contributed by atoms with Crippen LogP contribution in [-0.2, 0) is 4.79 Å². The number of terminal acetylenes is 1. The number of amides is 2. The predicted molar refractivity (Wildman–Crippen MR) is 63.3 cm³/mol. The van der Waals surface area contributed by atoms with E-state index >= 15 is 0 Å². The summed E-state index contributed by atoms with van der Waals surface area (Å²) in [4.78, 5) is 22.1. The molecule has 0 aliphatic carbocycles. The fourth-order valence-corrected chi connectivity index (χ4v) is 1.31. The van der Waals surface area contributed by atoms with Crippen molar-refractivity contribution in [2.24, 2.45) is 0 Å². The molecule has 1 aromatic rings. The van der Waals surface area contributed by atoms with E-state index in [1.165, 1.54) is 5.32 Å². The van der Waals surface area contributed by atoms with Gasteiger partial charge < -0.3 is 15.7 Å². The molecule has 9 heteroatoms. The lowest BCUT2D eigenvalue weighted by Gasteiger charge is -2.14. The fourth-order valence-electron chi connectivity index (χ4n) is 1.31. The molecule has 1 aromatic carbocycles. The van der Waals surface area contributed by atoms with E-state index in [4.69, 9.17) is 11.5 Å². The molecule has 1 rings (SSSR count). The molecule has 1 unspecified atom stereocenters. The number of hydrogen-bond acceptors (Lipinski definition) is 2. The number of nitrogens with one attached hydrogen (secondary N) is 2. The molecule has 0 radical (unpaired) electrons. The zero-order valence-electron chi connectivity index (χ0n) is 10.2. The van der Waals surface area contributed by atoms with Gasteiger partial charge in [-0.2, -0.15) is 0 Å². The number of carbonyl (C=O) groups is 2. The molecule has 0 aromatic heterocycles. The minimum Gasteiger partial charge on any atom is -0.480 e. The Hall–Kier alpha value is -2.76. The van der Waals surface area contributed by atoms with Gasteiger partial charge in [0.1, 0.15) is 11.7 Å². The minimum atomic E-state index is -1.83. The van der Waals surface area contributed by atoms with Gasteiger partial charge in [-0.25, -0.2) is 27.2 Å². The average molecular weight is 304 g/mol. The van der Waals surface area contributed by atoms with E-state index in [1.807, 2.05) is 5.92 Å². The summed E-state index contributed by atoms with van der Waals surface area (Å²) in [5, 5.41) is 12.0. The Morgan fingerprint density at radius 1 is 1.24 bits per heavy atom. The third-order valence-electron chi connectivity index (χ3n) is 2.28. The molecule has 0 saturated heterocycles. The van der Waals surface area contributed by atoms with Gasteiger partial charge in [0.25, 0.3) is 0 Å². The molecule has 5 nitrogen and oxygen atoms in total. The summed E-state index contributed by atoms with van der Waals surface area (Å²) in [7, 11) is 0. The van der Waals surface area contributed by atoms with Gasteiger partial charge in [0.2, 0.25) is 0 Å². The maximum atomic E-state index is 13.3. The summed E-state index contributed by atoms with van der Waals surface area (Å²) in [6.45, 7) is 0. The van der Waals surface area contributed by atoms with Gasteiger partial charge >= 0.3 is 12.0 Å². The lowest BCUT2D eigenvalue weighted by molar-refractivity contribution is -0.139. The van der Waals surface area contributed by atoms with Crippen LogP contribution in [0.15, 0.2) is 6.07 Å². The van der Waals surface area contributed by atoms with Crippen LogP contribution in [0, 0.1) is 35.6 Å². The van der Waals surface area contributed by atoms with Crippen LogP contribution in [0.2, 0.25) is 0 Å². The van der Waals surface area contributed by atoms with E-state index in [0.29, 0.717) is 0 Å². The molecule has 21 heavy (non-hydrogen) atoms. The van der Waals surface area contributed by atoms with Crippen LogP contribution in [0.25, 0.3) is 0 Å². The molecule has 2 amide bonds. The average Bonchev–Trinajstić information content (AvgIpc) is 2.41. The third-order valence-corrected chi connectivity index (χ3v) is 2.28. The van der Waals surface area contributed by atoms with Crippen molar-refractivity contribution in [1.29, 1.82) is 0 Å². The molecule has 0 heterocycles. The minimum absolute atomic E-state index is 0.0356. The van der Waals surface area contributed by atoms with Crippen LogP contribution >= 0.6 is 0 Å². The number of carbonyl (C=O) groups excluding carboxylic acids is 1. The van der Waals surface area contributed by atoms with Gasteiger partial charge in [0, 0.05) is 12.5 Å². The van der Waals surface area contributed by atoms with E-state index in [9.17, 15) is 27.2 Å². The Balaban J connectivity index is 2.94. The van der Waals surface area contributed by atoms with Crippen LogP contribution in [0.5, 0.6) is 0 Å². The molecule has 0 fully saturated rings. The van der Waals surface area contributed by atoms with Crippen molar-refractivity contribution in [2.45, 2.75) is 12.5 Å². The topological polar surface area (TPSA) is 78.4 Å². The number of aliphatic carboxylic acids is 1. The summed E-state index contributed by atoms with van der Waals surface area (Å²) in [6.07, 6.45) is 4.48. The number of carboxylic acid groups (broad SMARTS) is 1. The third kappa shape index (κ3) is 3.85. The number of anilines is 1. The van der Waals surface area contributed by atoms with Crippen LogP contribution in [0.3, 0.4) is 0 Å². The summed E-state index contributed by atoms with van der Waals surface area (Å²) >= 11 is 0. The summed E-state index contributed by atoms with van der Waals surface area (Å²) < 4.78 is 52.4. The van der Waals surface area contributed by atoms with Gasteiger partial charge in [-0.15, -0.1) is 12.3 Å². The molecule has 0 saturated carbocycles. The van der Waals surface area contributed by atoms with E-state index in [0.717, 1.165) is 0 Å². The first-order valence-corrected chi connectivity index (χ1v) is 5.34. The Labute approximate surface area is 115 Å². The number of carboxylic acids is 1. The summed E-state index contributed by atoms with van der Waals surface area (Å²) in [5.74, 6) is -6.62. The Morgan fingerprint density at radius 3 is 2.19 bits per heavy atom. The molecule has 0 aliphatic heterocycles. The van der Waals surface area contributed by atoms with Crippen molar-refractivity contribution in [3.05, 3.63) is 29.3 Å². The van der Waals surface area contributed by atoms with E-state index < -0.39 is 53.4 Å². The number of halogens is 4. The maximum absolute atomic E-state index is 13.3. The van der Waals surface area contributed by atoms with Crippen molar-refractivity contribution in [3.8, 4) is 12.3 Å². The van der Waals surface area contributed by atoms with Crippen LogP contribution in [0.4, 0.5) is 28.0 Å². The second-order valence-electron chi connectivity index (χ2n) is 3.74. The Morgan fingerprint density at radius 2 is 1.76 bits per heavy atom. The lowest BCUT2D eigenvalue weighted by atomic mass is 10.2. The molecule has 112 valence electrons. The van der Waals surface area contributed by atoms with E-state index in [2.05, 4.69) is 0 Å². The number of hydrogen-bond donors (Lipinski definition) is 3. The van der Waals surface area contributed by atoms with Gasteiger partial charge in [0.15, 0.2) is 23.3 Å². The molecule has 0 spiro atoms. The van der Waals surface area contributed by atoms with Crippen molar-refractivity contribution >= 4 is 17.7 Å². The SMILES string of the molecule is C#CCC(NC(=O)Nc1c(F)c(F)cc(F)c1F)C(=O)O. The highest BCUT2D eigenvalue weighted by Gasteiger charge is 2.23. The first kappa shape index (κ1) is 16.3. The fraction of sp³-hybridized carbons (Fsp3) is 0.167. The highest BCUT2D eigenvalue weighted by molar-refractivity contribution is 5.92. The van der Waals surface area contributed by atoms with Crippen molar-refractivity contribution < 1.29 is 32.3 Å². The highest BCUT2D eigenvalue weighted by Crippen LogP contribution is 2.23. The van der Waals surface area contributed by atoms with Crippen LogP contribution < -0.4 is 10.6 Å². The quantitative estimate of drug-likeness (QED) is 0.451. The standard InChI is InChI=1S/C12H8F4N2O3/c1-2-3-7(11(19)20)17-12(21)18-10-8(15)5(13)4-6(14)9(10)16/h1,4,7H,3H2,(H,19,20)(H2,17,18,21). The van der Waals surface area contributed by atoms with Gasteiger partial charge in [-0.05, 0) is 0 Å². The number of rotatable bonds is 4. The molecule has 3 N–H and O–H groups in total. The first-order chi connectivity index (χ1) is 9.77. The van der Waals surface area contributed by atoms with Gasteiger partial charge in [0.05, 0.1) is 0 Å². The monoisotopic (exact) mass is 304 g/mol. The summed E-state index contributed by atoms with van der Waals surface area (Å²) in [5.41, 5.74) is -1.38. The molecular formula is C12H8F4N2O3. The van der Waals surface area contributed by atoms with Crippen molar-refractivity contribution in [2.75, 3.05) is 5.32 Å². The second kappa shape index (κ2) is 6.60. The van der Waals surface area contributed by atoms with Gasteiger partial charge in [-0.1, -0.05) is 0 Å². The molecular weight excluding hydrogens is 296 g/mol. The number of benzene rings is 1. The zero-order valence-corrected chi connectivity index (χ0v) is 10.2. The maximum Gasteiger partial charge on any atom is 0.327 e. The van der Waals surface area contributed by atoms with Crippen LogP contribution in [-0.4, -0.2) is 23.1 Å². The Kier molecular flexibility index (Phi) is 5.12. The van der Waals surface area contributed by atoms with Crippen molar-refractivity contribution in [1.82, 2.24) is 5.32 Å². The number of urea groups is 1. The van der Waals surface area contributed by atoms with Crippen LogP contribution in [0.1, 0.15) is 6.42 Å². The Bertz CT molecular complexity index is 602. The molecule has 0 bridgehead atoms. The van der Waals surface area contributed by atoms with Crippen molar-refractivity contribution in [3.63, 3.8) is 0 Å². The molecule has 0 aliphatic rings. The largest absolute Gasteiger partial charge is 0.480 e. The second-order valence-corrected chi connectivity index (χ2v) is 3.74. The van der Waals surface area contributed by atoms with E-state index in [-0.39, 0.29) is 6.07 Å². The molecule has 1 atom stereocenters. The smallest absolute Gasteiger partial charge is 0.327 e. The predicted octanol–water partition coefficient (Wildman–Crippen LogP) is 1.84. The lowest BCUT2D eigenvalue weighted by Crippen LogP contribution is -2.43. The highest BCUT2D eigenvalue weighted by atomic mass is 19.2. The normalized spacial score (nSPS) is 11.4. The zero-order chi connectivity index (χ0) is 16.2.